The van der Waals surface area contributed by atoms with Crippen molar-refractivity contribution in [2.75, 3.05) is 6.61 Å². The summed E-state index contributed by atoms with van der Waals surface area (Å²) in [5.41, 5.74) is 4.33. The normalized spacial score (nSPS) is 11.7. The van der Waals surface area contributed by atoms with E-state index >= 15 is 0 Å². The van der Waals surface area contributed by atoms with E-state index in [2.05, 4.69) is 0 Å². The van der Waals surface area contributed by atoms with E-state index in [0.717, 1.165) is 46.6 Å². The second-order valence-corrected chi connectivity index (χ2v) is 7.23. The van der Waals surface area contributed by atoms with Gasteiger partial charge in [0.05, 0.1) is 6.61 Å². The second-order valence-electron chi connectivity index (χ2n) is 7.23. The fourth-order valence-electron chi connectivity index (χ4n) is 3.28. The Morgan fingerprint density at radius 3 is 2.47 bits per heavy atom. The van der Waals surface area contributed by atoms with Crippen molar-refractivity contribution in [1.29, 1.82) is 0 Å². The highest BCUT2D eigenvalue weighted by atomic mass is 16.5. The zero-order chi connectivity index (χ0) is 21.3. The topological polar surface area (TPSA) is 43.4 Å². The number of hydrogen-bond donors (Lipinski definition) is 0. The molecule has 0 aliphatic carbocycles. The van der Waals surface area contributed by atoms with Crippen LogP contribution in [0.2, 0.25) is 0 Å². The lowest BCUT2D eigenvalue weighted by atomic mass is 9.92. The lowest BCUT2D eigenvalue weighted by Crippen LogP contribution is -2.02. The molecule has 0 aromatic heterocycles. The molecule has 0 aliphatic heterocycles. The average molecular weight is 399 g/mol. The van der Waals surface area contributed by atoms with Crippen molar-refractivity contribution in [3.63, 3.8) is 0 Å². The largest absolute Gasteiger partial charge is 0.463 e. The monoisotopic (exact) mass is 398 g/mol. The predicted octanol–water partition coefficient (Wildman–Crippen LogP) is 6.40. The van der Waals surface area contributed by atoms with Gasteiger partial charge in [-0.25, -0.2) is 4.79 Å². The molecule has 0 radical (unpaired) electrons. The molecule has 0 heterocycles. The zero-order valence-corrected chi connectivity index (χ0v) is 17.4. The molecule has 3 aromatic carbocycles. The van der Waals surface area contributed by atoms with E-state index in [1.54, 1.807) is 6.08 Å². The number of aryl methyl sites for hydroxylation is 1. The summed E-state index contributed by atoms with van der Waals surface area (Å²) in [6.07, 6.45) is 7.83. The lowest BCUT2D eigenvalue weighted by molar-refractivity contribution is -0.137. The average Bonchev–Trinajstić information content (AvgIpc) is 2.77. The Morgan fingerprint density at radius 2 is 1.73 bits per heavy atom. The number of carbonyl (C=O) groups is 2. The Balaban J connectivity index is 2.10. The van der Waals surface area contributed by atoms with E-state index in [0.29, 0.717) is 12.2 Å². The summed E-state index contributed by atoms with van der Waals surface area (Å²) >= 11 is 0. The van der Waals surface area contributed by atoms with Gasteiger partial charge in [-0.15, -0.1) is 0 Å². The maximum absolute atomic E-state index is 12.2. The molecular formula is C27H26O3. The highest BCUT2D eigenvalue weighted by molar-refractivity contribution is 6.07. The standard InChI is InChI=1S/C27H26O3/c1-3-4-17-30-26(29)16-15-23(18-21-11-9-20(2)10-12-21)27-24(19-28)14-13-22-7-5-6-8-25(22)27/h5-16,18-19H,3-4,17H2,1-2H3/b16-15+,23-18-. The lowest BCUT2D eigenvalue weighted by Gasteiger charge is -2.12. The van der Waals surface area contributed by atoms with Gasteiger partial charge < -0.3 is 4.74 Å². The third-order valence-corrected chi connectivity index (χ3v) is 4.92. The fraction of sp³-hybridized carbons (Fsp3) is 0.185. The van der Waals surface area contributed by atoms with E-state index in [4.69, 9.17) is 4.74 Å². The Morgan fingerprint density at radius 1 is 0.967 bits per heavy atom. The van der Waals surface area contributed by atoms with Crippen molar-refractivity contribution in [2.24, 2.45) is 0 Å². The number of allylic oxidation sites excluding steroid dienone is 2. The van der Waals surface area contributed by atoms with Gasteiger partial charge in [-0.2, -0.15) is 0 Å². The third-order valence-electron chi connectivity index (χ3n) is 4.92. The van der Waals surface area contributed by atoms with E-state index in [1.165, 1.54) is 11.6 Å². The van der Waals surface area contributed by atoms with Crippen LogP contribution in [-0.2, 0) is 9.53 Å². The summed E-state index contributed by atoms with van der Waals surface area (Å²) in [4.78, 5) is 24.0. The van der Waals surface area contributed by atoms with Gasteiger partial charge in [0.2, 0.25) is 0 Å². The van der Waals surface area contributed by atoms with Crippen molar-refractivity contribution < 1.29 is 14.3 Å². The summed E-state index contributed by atoms with van der Waals surface area (Å²) < 4.78 is 5.26. The molecule has 0 saturated heterocycles. The van der Waals surface area contributed by atoms with Crippen LogP contribution in [0.3, 0.4) is 0 Å². The molecule has 0 N–H and O–H groups in total. The van der Waals surface area contributed by atoms with Gasteiger partial charge in [0.15, 0.2) is 6.29 Å². The van der Waals surface area contributed by atoms with Crippen molar-refractivity contribution in [1.82, 2.24) is 0 Å². The maximum atomic E-state index is 12.2. The van der Waals surface area contributed by atoms with E-state index in [9.17, 15) is 9.59 Å². The summed E-state index contributed by atoms with van der Waals surface area (Å²) in [6.45, 7) is 4.49. The van der Waals surface area contributed by atoms with Gasteiger partial charge in [0, 0.05) is 17.2 Å². The number of aldehydes is 1. The van der Waals surface area contributed by atoms with Crippen molar-refractivity contribution in [3.05, 3.63) is 95.1 Å². The summed E-state index contributed by atoms with van der Waals surface area (Å²) in [5, 5.41) is 2.00. The molecule has 152 valence electrons. The van der Waals surface area contributed by atoms with Crippen LogP contribution in [0.5, 0.6) is 0 Å². The van der Waals surface area contributed by atoms with Gasteiger partial charge in [-0.1, -0.05) is 79.6 Å². The molecule has 0 unspecified atom stereocenters. The fourth-order valence-corrected chi connectivity index (χ4v) is 3.28. The van der Waals surface area contributed by atoms with Crippen LogP contribution in [0, 0.1) is 6.92 Å². The molecule has 0 saturated carbocycles. The molecule has 0 fully saturated rings. The van der Waals surface area contributed by atoms with E-state index in [1.807, 2.05) is 80.6 Å². The number of ether oxygens (including phenoxy) is 1. The van der Waals surface area contributed by atoms with Gasteiger partial charge in [0.1, 0.15) is 0 Å². The second kappa shape index (κ2) is 10.4. The molecular weight excluding hydrogens is 372 g/mol. The first kappa shape index (κ1) is 21.3. The van der Waals surface area contributed by atoms with Gasteiger partial charge in [-0.05, 0) is 47.4 Å². The Labute approximate surface area is 177 Å². The van der Waals surface area contributed by atoms with Crippen molar-refractivity contribution >= 4 is 34.7 Å². The smallest absolute Gasteiger partial charge is 0.330 e. The van der Waals surface area contributed by atoms with Crippen molar-refractivity contribution in [2.45, 2.75) is 26.7 Å². The molecule has 3 aromatic rings. The minimum atomic E-state index is -0.383. The Kier molecular flexibility index (Phi) is 7.34. The number of esters is 1. The molecule has 0 spiro atoms. The SMILES string of the molecule is CCCCOC(=O)/C=C/C(=C/c1ccc(C)cc1)c1c(C=O)ccc2ccccc12. The molecule has 3 rings (SSSR count). The van der Waals surface area contributed by atoms with E-state index < -0.39 is 0 Å². The first-order chi connectivity index (χ1) is 14.6. The summed E-state index contributed by atoms with van der Waals surface area (Å²) in [6, 6.07) is 19.8. The van der Waals surface area contributed by atoms with Gasteiger partial charge in [0.25, 0.3) is 0 Å². The predicted molar refractivity (Wildman–Crippen MR) is 123 cm³/mol. The van der Waals surface area contributed by atoms with Crippen molar-refractivity contribution in [3.8, 4) is 0 Å². The van der Waals surface area contributed by atoms with Crippen LogP contribution >= 0.6 is 0 Å². The Bertz CT molecular complexity index is 1090. The van der Waals surface area contributed by atoms with Crippen LogP contribution in [0.15, 0.2) is 72.8 Å². The molecule has 0 bridgehead atoms. The first-order valence-corrected chi connectivity index (χ1v) is 10.2. The molecule has 0 aliphatic rings. The minimum absolute atomic E-state index is 0.383. The Hall–Kier alpha value is -3.46. The molecule has 30 heavy (non-hydrogen) atoms. The highest BCUT2D eigenvalue weighted by Gasteiger charge is 2.11. The first-order valence-electron chi connectivity index (χ1n) is 10.2. The number of carbonyl (C=O) groups excluding carboxylic acids is 2. The zero-order valence-electron chi connectivity index (χ0n) is 17.4. The molecule has 3 heteroatoms. The molecule has 3 nitrogen and oxygen atoms in total. The molecule has 0 atom stereocenters. The minimum Gasteiger partial charge on any atom is -0.463 e. The molecule has 0 amide bonds. The van der Waals surface area contributed by atoms with Crippen LogP contribution < -0.4 is 0 Å². The third kappa shape index (κ3) is 5.32. The van der Waals surface area contributed by atoms with Gasteiger partial charge >= 0.3 is 5.97 Å². The number of rotatable bonds is 8. The van der Waals surface area contributed by atoms with Crippen LogP contribution in [-0.4, -0.2) is 18.9 Å². The van der Waals surface area contributed by atoms with Crippen LogP contribution in [0.1, 0.15) is 46.8 Å². The number of fused-ring (bicyclic) bond motifs is 1. The number of benzene rings is 3. The summed E-state index contributed by atoms with van der Waals surface area (Å²) in [5.74, 6) is -0.383. The number of hydrogen-bond acceptors (Lipinski definition) is 3. The van der Waals surface area contributed by atoms with Crippen LogP contribution in [0.25, 0.3) is 22.4 Å². The number of unbranched alkanes of at least 4 members (excludes halogenated alkanes) is 1. The highest BCUT2D eigenvalue weighted by Crippen LogP contribution is 2.30. The maximum Gasteiger partial charge on any atom is 0.330 e. The summed E-state index contributed by atoms with van der Waals surface area (Å²) in [7, 11) is 0. The van der Waals surface area contributed by atoms with E-state index in [-0.39, 0.29) is 5.97 Å². The van der Waals surface area contributed by atoms with Gasteiger partial charge in [-0.3, -0.25) is 4.79 Å². The van der Waals surface area contributed by atoms with Crippen LogP contribution in [0.4, 0.5) is 0 Å². The quantitative estimate of drug-likeness (QED) is 0.110.